The first-order valence-electron chi connectivity index (χ1n) is 4.49. The van der Waals surface area contributed by atoms with Gasteiger partial charge in [0, 0.05) is 15.4 Å². The van der Waals surface area contributed by atoms with Gasteiger partial charge in [-0.2, -0.15) is 0 Å². The van der Waals surface area contributed by atoms with Crippen molar-refractivity contribution >= 4 is 31.9 Å². The molecule has 0 fully saturated rings. The van der Waals surface area contributed by atoms with Gasteiger partial charge in [0.1, 0.15) is 6.10 Å². The lowest BCUT2D eigenvalue weighted by Gasteiger charge is -2.18. The van der Waals surface area contributed by atoms with E-state index in [1.54, 1.807) is 0 Å². The van der Waals surface area contributed by atoms with Crippen molar-refractivity contribution in [3.8, 4) is 11.5 Å². The Bertz CT molecular complexity index is 370. The van der Waals surface area contributed by atoms with Crippen molar-refractivity contribution in [3.05, 3.63) is 22.2 Å². The largest absolute Gasteiger partial charge is 0.504 e. The molecule has 0 heterocycles. The molecule has 0 aromatic heterocycles. The average molecular weight is 356 g/mol. The number of ether oxygens (including phenoxy) is 1. The molecule has 16 heavy (non-hydrogen) atoms. The lowest BCUT2D eigenvalue weighted by molar-refractivity contribution is 0.0336. The van der Waals surface area contributed by atoms with E-state index in [4.69, 9.17) is 4.74 Å². The van der Waals surface area contributed by atoms with E-state index in [1.165, 1.54) is 19.2 Å². The molecule has 0 radical (unpaired) electrons. The summed E-state index contributed by atoms with van der Waals surface area (Å²) in [6, 6.07) is 2.90. The van der Waals surface area contributed by atoms with E-state index in [0.29, 0.717) is 15.8 Å². The van der Waals surface area contributed by atoms with Crippen molar-refractivity contribution in [1.82, 2.24) is 0 Å². The van der Waals surface area contributed by atoms with Crippen molar-refractivity contribution in [3.63, 3.8) is 0 Å². The Kier molecular flexibility index (Phi) is 5.04. The Morgan fingerprint density at radius 1 is 1.38 bits per heavy atom. The molecule has 2 atom stereocenters. The molecular weight excluding hydrogens is 344 g/mol. The molecule has 0 aliphatic carbocycles. The average Bonchev–Trinajstić information content (AvgIpc) is 2.29. The number of aromatic hydroxyl groups is 1. The molecule has 0 amide bonds. The van der Waals surface area contributed by atoms with E-state index in [-0.39, 0.29) is 11.1 Å². The van der Waals surface area contributed by atoms with Crippen LogP contribution in [0.4, 0.5) is 0 Å². The van der Waals surface area contributed by atoms with Gasteiger partial charge in [-0.25, -0.2) is 0 Å². The second-order valence-electron chi connectivity index (χ2n) is 3.21. The highest BCUT2D eigenvalue weighted by molar-refractivity contribution is 9.10. The van der Waals surface area contributed by atoms with Crippen LogP contribution >= 0.6 is 31.9 Å². The monoisotopic (exact) mass is 354 g/mol. The van der Waals surface area contributed by atoms with Crippen LogP contribution in [-0.4, -0.2) is 33.9 Å². The Balaban J connectivity index is 3.10. The fourth-order valence-electron chi connectivity index (χ4n) is 1.24. The van der Waals surface area contributed by atoms with Crippen molar-refractivity contribution in [2.24, 2.45) is 0 Å². The van der Waals surface area contributed by atoms with Crippen molar-refractivity contribution in [2.45, 2.75) is 12.2 Å². The zero-order valence-electron chi connectivity index (χ0n) is 8.52. The van der Waals surface area contributed by atoms with Gasteiger partial charge in [0.15, 0.2) is 11.5 Å². The molecule has 3 N–H and O–H groups in total. The highest BCUT2D eigenvalue weighted by Gasteiger charge is 2.21. The summed E-state index contributed by atoms with van der Waals surface area (Å²) in [5.74, 6) is 0.220. The Morgan fingerprint density at radius 3 is 2.50 bits per heavy atom. The number of alkyl halides is 1. The standard InChI is InChI=1S/C10H12Br2O4/c1-16-9-3-6(12)5(2-7(9)13)10(15)8(14)4-11/h2-3,8,10,13-15H,4H2,1H3. The van der Waals surface area contributed by atoms with Gasteiger partial charge < -0.3 is 20.1 Å². The topological polar surface area (TPSA) is 69.9 Å². The second kappa shape index (κ2) is 5.86. The first kappa shape index (κ1) is 13.8. The zero-order chi connectivity index (χ0) is 12.3. The first-order valence-corrected chi connectivity index (χ1v) is 6.41. The van der Waals surface area contributed by atoms with Gasteiger partial charge in [-0.05, 0) is 12.1 Å². The van der Waals surface area contributed by atoms with Gasteiger partial charge in [-0.1, -0.05) is 31.9 Å². The molecule has 0 aliphatic rings. The van der Waals surface area contributed by atoms with Crippen LogP contribution in [0.15, 0.2) is 16.6 Å². The highest BCUT2D eigenvalue weighted by Crippen LogP contribution is 2.36. The summed E-state index contributed by atoms with van der Waals surface area (Å²) in [6.45, 7) is 0. The number of rotatable bonds is 4. The number of aliphatic hydroxyl groups is 2. The Hall–Kier alpha value is -0.300. The van der Waals surface area contributed by atoms with Gasteiger partial charge in [0.25, 0.3) is 0 Å². The fourth-order valence-corrected chi connectivity index (χ4v) is 2.15. The number of aliphatic hydroxyl groups excluding tert-OH is 2. The van der Waals surface area contributed by atoms with Gasteiger partial charge in [0.2, 0.25) is 0 Å². The third-order valence-electron chi connectivity index (χ3n) is 2.14. The SMILES string of the molecule is COc1cc(Br)c(C(O)C(O)CBr)cc1O. The maximum atomic E-state index is 9.80. The number of methoxy groups -OCH3 is 1. The van der Waals surface area contributed by atoms with Crippen LogP contribution < -0.4 is 4.74 Å². The van der Waals surface area contributed by atoms with Crippen LogP contribution in [-0.2, 0) is 0 Å². The van der Waals surface area contributed by atoms with Crippen LogP contribution in [0.1, 0.15) is 11.7 Å². The van der Waals surface area contributed by atoms with Gasteiger partial charge in [-0.3, -0.25) is 0 Å². The Morgan fingerprint density at radius 2 is 2.00 bits per heavy atom. The van der Waals surface area contributed by atoms with E-state index in [9.17, 15) is 15.3 Å². The molecule has 0 spiro atoms. The predicted octanol–water partition coefficient (Wildman–Crippen LogP) is 1.95. The summed E-state index contributed by atoms with van der Waals surface area (Å²) >= 11 is 6.31. The van der Waals surface area contributed by atoms with Crippen molar-refractivity contribution in [2.75, 3.05) is 12.4 Å². The van der Waals surface area contributed by atoms with E-state index >= 15 is 0 Å². The number of phenolic OH excluding ortho intramolecular Hbond substituents is 1. The van der Waals surface area contributed by atoms with Crippen LogP contribution in [0.3, 0.4) is 0 Å². The fraction of sp³-hybridized carbons (Fsp3) is 0.400. The predicted molar refractivity (Wildman–Crippen MR) is 67.1 cm³/mol. The summed E-state index contributed by atoms with van der Waals surface area (Å²) < 4.78 is 5.48. The summed E-state index contributed by atoms with van der Waals surface area (Å²) in [7, 11) is 1.44. The van der Waals surface area contributed by atoms with Crippen molar-refractivity contribution < 1.29 is 20.1 Å². The molecule has 0 saturated heterocycles. The van der Waals surface area contributed by atoms with Crippen LogP contribution in [0.2, 0.25) is 0 Å². The number of phenols is 1. The summed E-state index contributed by atoms with van der Waals surface area (Å²) in [6.07, 6.45) is -2.02. The molecule has 0 saturated carbocycles. The Labute approximate surface area is 110 Å². The highest BCUT2D eigenvalue weighted by atomic mass is 79.9. The van der Waals surface area contributed by atoms with Gasteiger partial charge in [0.05, 0.1) is 13.2 Å². The smallest absolute Gasteiger partial charge is 0.161 e. The second-order valence-corrected chi connectivity index (χ2v) is 4.71. The maximum absolute atomic E-state index is 9.80. The lowest BCUT2D eigenvalue weighted by atomic mass is 10.0. The summed E-state index contributed by atoms with van der Waals surface area (Å²) in [5.41, 5.74) is 0.408. The zero-order valence-corrected chi connectivity index (χ0v) is 11.7. The minimum Gasteiger partial charge on any atom is -0.504 e. The van der Waals surface area contributed by atoms with Crippen LogP contribution in [0.25, 0.3) is 0 Å². The lowest BCUT2D eigenvalue weighted by Crippen LogP contribution is -2.19. The molecule has 1 aromatic carbocycles. The first-order chi connectivity index (χ1) is 7.51. The third-order valence-corrected chi connectivity index (χ3v) is 3.49. The minimum atomic E-state index is -1.08. The molecule has 0 aliphatic heterocycles. The van der Waals surface area contributed by atoms with E-state index < -0.39 is 12.2 Å². The molecule has 1 rings (SSSR count). The molecule has 6 heteroatoms. The molecule has 1 aromatic rings. The number of hydrogen-bond acceptors (Lipinski definition) is 4. The van der Waals surface area contributed by atoms with Crippen LogP contribution in [0, 0.1) is 0 Å². The molecule has 0 bridgehead atoms. The van der Waals surface area contributed by atoms with Crippen molar-refractivity contribution in [1.29, 1.82) is 0 Å². The quantitative estimate of drug-likeness (QED) is 0.722. The number of hydrogen-bond donors (Lipinski definition) is 3. The van der Waals surface area contributed by atoms with Gasteiger partial charge >= 0.3 is 0 Å². The van der Waals surface area contributed by atoms with Crippen LogP contribution in [0.5, 0.6) is 11.5 Å². The third kappa shape index (κ3) is 2.88. The summed E-state index contributed by atoms with van der Waals surface area (Å²) in [5, 5.41) is 29.1. The molecule has 2 unspecified atom stereocenters. The maximum Gasteiger partial charge on any atom is 0.161 e. The summed E-state index contributed by atoms with van der Waals surface area (Å²) in [4.78, 5) is 0. The normalized spacial score (nSPS) is 14.6. The number of benzene rings is 1. The number of halogens is 2. The molecule has 4 nitrogen and oxygen atoms in total. The van der Waals surface area contributed by atoms with E-state index in [1.807, 2.05) is 0 Å². The minimum absolute atomic E-state index is 0.0819. The molecular formula is C10H12Br2O4. The van der Waals surface area contributed by atoms with E-state index in [2.05, 4.69) is 31.9 Å². The van der Waals surface area contributed by atoms with Gasteiger partial charge in [-0.15, -0.1) is 0 Å². The van der Waals surface area contributed by atoms with E-state index in [0.717, 1.165) is 0 Å². The molecule has 90 valence electrons.